The Bertz CT molecular complexity index is 1180. The van der Waals surface area contributed by atoms with Crippen LogP contribution in [0.4, 0.5) is 5.69 Å². The van der Waals surface area contributed by atoms with Gasteiger partial charge in [-0.1, -0.05) is 30.3 Å². The third kappa shape index (κ3) is 3.11. The average Bonchev–Trinajstić information content (AvgIpc) is 3.33. The van der Waals surface area contributed by atoms with E-state index < -0.39 is 10.9 Å². The number of aromatic nitrogens is 2. The van der Waals surface area contributed by atoms with Gasteiger partial charge in [0.1, 0.15) is 5.69 Å². The molecule has 8 nitrogen and oxygen atoms in total. The monoisotopic (exact) mass is 377 g/mol. The molecule has 2 heterocycles. The number of carbonyl (C=O) groups is 1. The molecule has 0 aliphatic heterocycles. The van der Waals surface area contributed by atoms with E-state index in [1.54, 1.807) is 16.8 Å². The maximum absolute atomic E-state index is 11.7. The fourth-order valence-electron chi connectivity index (χ4n) is 3.02. The second-order valence-electron chi connectivity index (χ2n) is 6.11. The lowest BCUT2D eigenvalue weighted by Gasteiger charge is -2.03. The van der Waals surface area contributed by atoms with Crippen molar-refractivity contribution in [2.75, 3.05) is 7.11 Å². The number of hydrogen-bond donors (Lipinski definition) is 0. The van der Waals surface area contributed by atoms with Gasteiger partial charge in [0.15, 0.2) is 5.76 Å². The van der Waals surface area contributed by atoms with Crippen molar-refractivity contribution in [3.63, 3.8) is 0 Å². The van der Waals surface area contributed by atoms with Gasteiger partial charge in [0.25, 0.3) is 5.69 Å². The minimum Gasteiger partial charge on any atom is -0.463 e. The number of rotatable bonds is 5. The van der Waals surface area contributed by atoms with Crippen molar-refractivity contribution in [2.24, 2.45) is 0 Å². The third-order valence-corrected chi connectivity index (χ3v) is 4.35. The summed E-state index contributed by atoms with van der Waals surface area (Å²) in [5, 5.41) is 16.4. The van der Waals surface area contributed by atoms with Crippen molar-refractivity contribution in [2.45, 2.75) is 6.54 Å². The average molecular weight is 377 g/mol. The maximum atomic E-state index is 11.7. The van der Waals surface area contributed by atoms with Gasteiger partial charge >= 0.3 is 5.97 Å². The first-order valence-electron chi connectivity index (χ1n) is 8.44. The zero-order chi connectivity index (χ0) is 19.7. The van der Waals surface area contributed by atoms with Gasteiger partial charge in [-0.25, -0.2) is 4.79 Å². The molecule has 0 aliphatic rings. The Morgan fingerprint density at radius 1 is 1.18 bits per heavy atom. The zero-order valence-corrected chi connectivity index (χ0v) is 14.9. The highest BCUT2D eigenvalue weighted by molar-refractivity contribution is 5.94. The lowest BCUT2D eigenvalue weighted by atomic mass is 10.1. The van der Waals surface area contributed by atoms with Crippen LogP contribution in [0.1, 0.15) is 16.1 Å². The summed E-state index contributed by atoms with van der Waals surface area (Å²) < 4.78 is 12.0. The fourth-order valence-corrected chi connectivity index (χ4v) is 3.02. The van der Waals surface area contributed by atoms with Crippen molar-refractivity contribution in [1.82, 2.24) is 9.78 Å². The van der Waals surface area contributed by atoms with Crippen LogP contribution < -0.4 is 0 Å². The summed E-state index contributed by atoms with van der Waals surface area (Å²) in [6.07, 6.45) is 0. The van der Waals surface area contributed by atoms with E-state index in [1.165, 1.54) is 25.3 Å². The number of nitrogens with zero attached hydrogens (tertiary/aromatic N) is 3. The molecule has 4 rings (SSSR count). The number of nitro groups is 1. The van der Waals surface area contributed by atoms with Crippen molar-refractivity contribution < 1.29 is 18.9 Å². The Kier molecular flexibility index (Phi) is 4.36. The highest BCUT2D eigenvalue weighted by atomic mass is 16.6. The first-order chi connectivity index (χ1) is 13.6. The highest BCUT2D eigenvalue weighted by Crippen LogP contribution is 2.32. The van der Waals surface area contributed by atoms with Crippen LogP contribution >= 0.6 is 0 Å². The molecule has 28 heavy (non-hydrogen) atoms. The number of nitro benzene ring substituents is 1. The van der Waals surface area contributed by atoms with Gasteiger partial charge < -0.3 is 9.15 Å². The fraction of sp³-hybridized carbons (Fsp3) is 0.100. The van der Waals surface area contributed by atoms with E-state index in [-0.39, 0.29) is 11.4 Å². The zero-order valence-electron chi connectivity index (χ0n) is 14.9. The third-order valence-electron chi connectivity index (χ3n) is 4.35. The van der Waals surface area contributed by atoms with E-state index in [4.69, 9.17) is 4.42 Å². The van der Waals surface area contributed by atoms with Crippen molar-refractivity contribution >= 4 is 22.6 Å². The molecule has 0 N–H and O–H groups in total. The largest absolute Gasteiger partial charge is 0.463 e. The van der Waals surface area contributed by atoms with E-state index >= 15 is 0 Å². The number of methoxy groups -OCH3 is 1. The minimum atomic E-state index is -0.606. The molecule has 0 aliphatic carbocycles. The molecule has 140 valence electrons. The van der Waals surface area contributed by atoms with Crippen LogP contribution in [0.2, 0.25) is 0 Å². The highest BCUT2D eigenvalue weighted by Gasteiger charge is 2.20. The van der Waals surface area contributed by atoms with Crippen LogP contribution in [0.3, 0.4) is 0 Å². The van der Waals surface area contributed by atoms with Crippen LogP contribution in [0.15, 0.2) is 65.1 Å². The van der Waals surface area contributed by atoms with Crippen LogP contribution in [0, 0.1) is 10.1 Å². The normalized spacial score (nSPS) is 10.9. The molecular weight excluding hydrogens is 362 g/mol. The number of carbonyl (C=O) groups excluding carboxylic acids is 1. The number of esters is 1. The summed E-state index contributed by atoms with van der Waals surface area (Å²) in [6.45, 7) is 0.486. The molecule has 0 bridgehead atoms. The number of fused-ring (bicyclic) bond motifs is 1. The van der Waals surface area contributed by atoms with Gasteiger partial charge in [-0.3, -0.25) is 14.8 Å². The van der Waals surface area contributed by atoms with E-state index in [0.29, 0.717) is 23.4 Å². The Balaban J connectivity index is 1.86. The smallest absolute Gasteiger partial charge is 0.373 e. The van der Waals surface area contributed by atoms with Gasteiger partial charge in [-0.2, -0.15) is 5.10 Å². The summed E-state index contributed by atoms with van der Waals surface area (Å²) >= 11 is 0. The molecule has 8 heteroatoms. The summed E-state index contributed by atoms with van der Waals surface area (Å²) in [5.41, 5.74) is 2.13. The predicted octanol–water partition coefficient (Wildman–Crippen LogP) is 4.04. The molecule has 0 amide bonds. The molecule has 0 saturated carbocycles. The number of hydrogen-bond acceptors (Lipinski definition) is 6. The summed E-state index contributed by atoms with van der Waals surface area (Å²) in [7, 11) is 1.26. The molecule has 0 radical (unpaired) electrons. The van der Waals surface area contributed by atoms with Crippen LogP contribution in [-0.4, -0.2) is 27.8 Å². The van der Waals surface area contributed by atoms with E-state index in [2.05, 4.69) is 9.84 Å². The van der Waals surface area contributed by atoms with Gasteiger partial charge in [-0.05, 0) is 23.8 Å². The molecule has 2 aromatic carbocycles. The lowest BCUT2D eigenvalue weighted by Crippen LogP contribution is -2.01. The summed E-state index contributed by atoms with van der Waals surface area (Å²) in [4.78, 5) is 22.4. The predicted molar refractivity (Wildman–Crippen MR) is 101 cm³/mol. The van der Waals surface area contributed by atoms with E-state index in [0.717, 1.165) is 11.1 Å². The van der Waals surface area contributed by atoms with Crippen molar-refractivity contribution in [3.05, 3.63) is 82.1 Å². The Morgan fingerprint density at radius 3 is 2.68 bits per heavy atom. The quantitative estimate of drug-likeness (QED) is 0.296. The first kappa shape index (κ1) is 17.5. The Morgan fingerprint density at radius 2 is 1.96 bits per heavy atom. The van der Waals surface area contributed by atoms with Gasteiger partial charge in [0, 0.05) is 17.5 Å². The van der Waals surface area contributed by atoms with Crippen molar-refractivity contribution in [1.29, 1.82) is 0 Å². The second kappa shape index (κ2) is 6.99. The van der Waals surface area contributed by atoms with Crippen LogP contribution in [0.25, 0.3) is 22.4 Å². The molecule has 2 aromatic heterocycles. The summed E-state index contributed by atoms with van der Waals surface area (Å²) in [5.74, 6) is -0.239. The molecule has 4 aromatic rings. The molecule has 0 saturated heterocycles. The summed E-state index contributed by atoms with van der Waals surface area (Å²) in [6, 6.07) is 17.4. The Hall–Kier alpha value is -3.94. The van der Waals surface area contributed by atoms with Gasteiger partial charge in [0.2, 0.25) is 5.76 Å². The van der Waals surface area contributed by atoms with E-state index in [9.17, 15) is 14.9 Å². The van der Waals surface area contributed by atoms with Crippen LogP contribution in [0.5, 0.6) is 0 Å². The van der Waals surface area contributed by atoms with E-state index in [1.807, 2.05) is 30.3 Å². The van der Waals surface area contributed by atoms with Gasteiger partial charge in [0.05, 0.1) is 24.1 Å². The second-order valence-corrected chi connectivity index (χ2v) is 6.11. The van der Waals surface area contributed by atoms with Crippen LogP contribution in [-0.2, 0) is 11.3 Å². The first-order valence-corrected chi connectivity index (χ1v) is 8.44. The number of furan rings is 1. The molecule has 0 fully saturated rings. The number of non-ortho nitro benzene ring substituents is 1. The standard InChI is InChI=1S/C20H15N3O5/c1-27-20(24)18-10-9-17(28-18)19-15-11-14(23(25)26)7-8-16(15)22(21-19)12-13-5-3-2-4-6-13/h2-11H,12H2,1H3. The molecule has 0 unspecified atom stereocenters. The Labute approximate surface area is 159 Å². The number of ether oxygens (including phenoxy) is 1. The molecule has 0 spiro atoms. The van der Waals surface area contributed by atoms with Gasteiger partial charge in [-0.15, -0.1) is 0 Å². The number of benzene rings is 2. The SMILES string of the molecule is COC(=O)c1ccc(-c2nn(Cc3ccccc3)c3ccc([N+](=O)[O-])cc23)o1. The van der Waals surface area contributed by atoms with Crippen molar-refractivity contribution in [3.8, 4) is 11.5 Å². The maximum Gasteiger partial charge on any atom is 0.373 e. The lowest BCUT2D eigenvalue weighted by molar-refractivity contribution is -0.384. The minimum absolute atomic E-state index is 0.0358. The molecular formula is C20H15N3O5. The topological polar surface area (TPSA) is 100 Å². The molecule has 0 atom stereocenters.